The zero-order valence-corrected chi connectivity index (χ0v) is 11.7. The van der Waals surface area contributed by atoms with Crippen molar-refractivity contribution < 1.29 is 19.4 Å². The van der Waals surface area contributed by atoms with E-state index >= 15 is 0 Å². The fourth-order valence-electron chi connectivity index (χ4n) is 1.43. The average Bonchev–Trinajstić information content (AvgIpc) is 2.52. The minimum absolute atomic E-state index is 0.0814. The smallest absolute Gasteiger partial charge is 0.372 e. The maximum Gasteiger partial charge on any atom is 0.372 e. The van der Waals surface area contributed by atoms with Crippen LogP contribution in [0.1, 0.15) is 5.56 Å². The molecule has 0 atom stereocenters. The van der Waals surface area contributed by atoms with Crippen molar-refractivity contribution in [2.24, 2.45) is 10.9 Å². The number of carbonyl (C=O) groups excluding carboxylic acids is 1. The van der Waals surface area contributed by atoms with E-state index in [1.165, 1.54) is 0 Å². The van der Waals surface area contributed by atoms with Gasteiger partial charge in [0, 0.05) is 6.07 Å². The molecule has 6 nitrogen and oxygen atoms in total. The van der Waals surface area contributed by atoms with Gasteiger partial charge in [-0.2, -0.15) is 0 Å². The molecule has 1 aromatic heterocycles. The molecule has 1 heterocycles. The van der Waals surface area contributed by atoms with E-state index in [9.17, 15) is 4.79 Å². The van der Waals surface area contributed by atoms with Crippen LogP contribution in [0.4, 0.5) is 0 Å². The number of hydrogen-bond donors (Lipinski definition) is 1. The lowest BCUT2D eigenvalue weighted by Gasteiger charge is -2.05. The number of ether oxygens (including phenoxy) is 1. The summed E-state index contributed by atoms with van der Waals surface area (Å²) in [6.45, 7) is -0.318. The van der Waals surface area contributed by atoms with E-state index in [0.29, 0.717) is 16.3 Å². The fourth-order valence-corrected chi connectivity index (χ4v) is 1.62. The van der Waals surface area contributed by atoms with Crippen molar-refractivity contribution in [1.82, 2.24) is 0 Å². The van der Waals surface area contributed by atoms with Gasteiger partial charge in [-0.05, 0) is 18.2 Å². The number of oxime groups is 1. The largest absolute Gasteiger partial charge is 0.480 e. The molecule has 0 spiro atoms. The van der Waals surface area contributed by atoms with Gasteiger partial charge in [0.15, 0.2) is 24.8 Å². The molecule has 0 aliphatic rings. The van der Waals surface area contributed by atoms with Gasteiger partial charge in [0.05, 0.1) is 10.6 Å². The Kier molecular flexibility index (Phi) is 5.11. The number of rotatable bonds is 5. The van der Waals surface area contributed by atoms with E-state index in [-0.39, 0.29) is 12.4 Å². The number of nitrogens with zero attached hydrogens (tertiary/aromatic N) is 1. The second kappa shape index (κ2) is 7.25. The van der Waals surface area contributed by atoms with Gasteiger partial charge in [-0.25, -0.2) is 9.78 Å². The van der Waals surface area contributed by atoms with Gasteiger partial charge in [-0.3, -0.25) is 0 Å². The number of pyridine rings is 1. The highest BCUT2D eigenvalue weighted by Crippen LogP contribution is 2.22. The third-order valence-corrected chi connectivity index (χ3v) is 2.74. The molecule has 0 saturated heterocycles. The summed E-state index contributed by atoms with van der Waals surface area (Å²) in [4.78, 5) is 19.0. The van der Waals surface area contributed by atoms with Crippen molar-refractivity contribution in [3.8, 4) is 5.75 Å². The normalized spacial score (nSPS) is 11.0. The standard InChI is InChI=1S/C14H12ClN3O3/c15-11-5-1-2-6-12(11)20-9-13(19)21-18-14(16)10-4-3-7-17-8-10/h1-8H,9H2,(H2,16,18)/p+1. The van der Waals surface area contributed by atoms with Crippen LogP contribution in [0.5, 0.6) is 5.75 Å². The van der Waals surface area contributed by atoms with Crippen molar-refractivity contribution in [3.63, 3.8) is 0 Å². The summed E-state index contributed by atoms with van der Waals surface area (Å²) >= 11 is 5.89. The minimum Gasteiger partial charge on any atom is -0.480 e. The highest BCUT2D eigenvalue weighted by atomic mass is 35.5. The highest BCUT2D eigenvalue weighted by Gasteiger charge is 2.08. The molecule has 0 fully saturated rings. The third kappa shape index (κ3) is 4.47. The zero-order valence-electron chi connectivity index (χ0n) is 11.0. The summed E-state index contributed by atoms with van der Waals surface area (Å²) in [7, 11) is 0. The fraction of sp³-hybridized carbons (Fsp3) is 0.0714. The molecule has 1 aromatic carbocycles. The van der Waals surface area contributed by atoms with Crippen LogP contribution in [-0.2, 0) is 9.63 Å². The van der Waals surface area contributed by atoms with Crippen LogP contribution in [-0.4, -0.2) is 18.4 Å². The molecule has 21 heavy (non-hydrogen) atoms. The number of halogens is 1. The number of hydrogen-bond acceptors (Lipinski definition) is 4. The van der Waals surface area contributed by atoms with Crippen LogP contribution in [0.2, 0.25) is 5.02 Å². The lowest BCUT2D eigenvalue weighted by molar-refractivity contribution is -0.378. The van der Waals surface area contributed by atoms with Crippen LogP contribution in [0.3, 0.4) is 0 Å². The molecule has 108 valence electrons. The van der Waals surface area contributed by atoms with Gasteiger partial charge in [-0.15, -0.1) is 0 Å². The van der Waals surface area contributed by atoms with Crippen molar-refractivity contribution in [3.05, 3.63) is 59.4 Å². The molecular weight excluding hydrogens is 294 g/mol. The summed E-state index contributed by atoms with van der Waals surface area (Å²) in [5.74, 6) is -0.207. The SMILES string of the molecule is NC(=NOC(=O)COc1ccccc1Cl)c1ccc[nH+]c1. The summed E-state index contributed by atoms with van der Waals surface area (Å²) in [6, 6.07) is 10.3. The highest BCUT2D eigenvalue weighted by molar-refractivity contribution is 6.32. The number of benzene rings is 1. The molecule has 0 amide bonds. The molecule has 7 heteroatoms. The van der Waals surface area contributed by atoms with Gasteiger partial charge >= 0.3 is 5.97 Å². The molecule has 2 aromatic rings. The van der Waals surface area contributed by atoms with Crippen LogP contribution in [0.15, 0.2) is 53.9 Å². The second-order valence-electron chi connectivity index (χ2n) is 3.95. The Morgan fingerprint density at radius 2 is 2.10 bits per heavy atom. The lowest BCUT2D eigenvalue weighted by Crippen LogP contribution is -2.19. The third-order valence-electron chi connectivity index (χ3n) is 2.43. The summed E-state index contributed by atoms with van der Waals surface area (Å²) < 4.78 is 5.21. The Hall–Kier alpha value is -2.60. The van der Waals surface area contributed by atoms with Crippen LogP contribution < -0.4 is 15.5 Å². The number of carbonyl (C=O) groups is 1. The minimum atomic E-state index is -0.683. The Morgan fingerprint density at radius 1 is 1.29 bits per heavy atom. The zero-order chi connectivity index (χ0) is 15.1. The summed E-state index contributed by atoms with van der Waals surface area (Å²) in [5, 5.41) is 3.95. The van der Waals surface area contributed by atoms with Gasteiger partial charge in [0.2, 0.25) is 0 Å². The molecule has 0 saturated carbocycles. The quantitative estimate of drug-likeness (QED) is 0.391. The molecular formula is C14H13ClN3O3+. The lowest BCUT2D eigenvalue weighted by atomic mass is 10.3. The van der Waals surface area contributed by atoms with E-state index in [0.717, 1.165) is 0 Å². The van der Waals surface area contributed by atoms with E-state index in [4.69, 9.17) is 22.1 Å². The average molecular weight is 307 g/mol. The number of nitrogens with one attached hydrogen (secondary N) is 1. The monoisotopic (exact) mass is 306 g/mol. The number of nitrogens with two attached hydrogens (primary N) is 1. The van der Waals surface area contributed by atoms with Gasteiger partial charge in [0.1, 0.15) is 5.75 Å². The molecule has 0 aliphatic heterocycles. The van der Waals surface area contributed by atoms with Crippen molar-refractivity contribution in [1.29, 1.82) is 0 Å². The number of aromatic nitrogens is 1. The number of H-pyrrole nitrogens is 1. The second-order valence-corrected chi connectivity index (χ2v) is 4.36. The molecule has 3 N–H and O–H groups in total. The van der Waals surface area contributed by atoms with E-state index in [1.54, 1.807) is 48.8 Å². The molecule has 0 bridgehead atoms. The number of amidine groups is 1. The summed E-state index contributed by atoms with van der Waals surface area (Å²) in [5.41, 5.74) is 6.27. The maximum absolute atomic E-state index is 11.5. The Labute approximate surface area is 126 Å². The molecule has 0 aliphatic carbocycles. The summed E-state index contributed by atoms with van der Waals surface area (Å²) in [6.07, 6.45) is 3.35. The molecule has 0 unspecified atom stereocenters. The van der Waals surface area contributed by atoms with E-state index in [2.05, 4.69) is 15.0 Å². The Morgan fingerprint density at radius 3 is 2.81 bits per heavy atom. The van der Waals surface area contributed by atoms with E-state index < -0.39 is 5.97 Å². The van der Waals surface area contributed by atoms with Crippen LogP contribution in [0.25, 0.3) is 0 Å². The molecule has 2 rings (SSSR count). The van der Waals surface area contributed by atoms with Crippen molar-refractivity contribution in [2.45, 2.75) is 0 Å². The van der Waals surface area contributed by atoms with E-state index in [1.807, 2.05) is 0 Å². The van der Waals surface area contributed by atoms with Gasteiger partial charge < -0.3 is 15.3 Å². The first kappa shape index (κ1) is 14.8. The van der Waals surface area contributed by atoms with Crippen molar-refractivity contribution in [2.75, 3.05) is 6.61 Å². The van der Waals surface area contributed by atoms with Gasteiger partial charge in [-0.1, -0.05) is 28.9 Å². The van der Waals surface area contributed by atoms with Crippen LogP contribution >= 0.6 is 11.6 Å². The Bertz CT molecular complexity index is 647. The van der Waals surface area contributed by atoms with Crippen LogP contribution in [0, 0.1) is 0 Å². The first-order valence-corrected chi connectivity index (χ1v) is 6.42. The first-order valence-electron chi connectivity index (χ1n) is 6.04. The number of para-hydroxylation sites is 1. The predicted molar refractivity (Wildman–Crippen MR) is 76.8 cm³/mol. The molecule has 0 radical (unpaired) electrons. The predicted octanol–water partition coefficient (Wildman–Crippen LogP) is 1.40. The topological polar surface area (TPSA) is 88.1 Å². The first-order chi connectivity index (χ1) is 10.2. The number of aromatic amines is 1. The Balaban J connectivity index is 1.87. The van der Waals surface area contributed by atoms with Crippen molar-refractivity contribution >= 4 is 23.4 Å². The van der Waals surface area contributed by atoms with Gasteiger partial charge in [0.25, 0.3) is 0 Å². The maximum atomic E-state index is 11.5.